The Kier molecular flexibility index (Phi) is 10.5. The quantitative estimate of drug-likeness (QED) is 0.370. The standard InChI is InChI=1S/C24H35N5O4S/c1-5-33-14-6-13-29(24(32)21-18(25)19(22(26)30)28-34-21)20(17-9-7-16(4)8-10-17)23(31)27-12-11-15(2)3/h7-10,15,20H,5-6,11-14,25H2,1-4H3,(H2,26,30)(H,27,31). The first-order valence-electron chi connectivity index (χ1n) is 11.4. The maximum atomic E-state index is 13.7. The van der Waals surface area contributed by atoms with Crippen LogP contribution in [0.5, 0.6) is 0 Å². The van der Waals surface area contributed by atoms with E-state index < -0.39 is 17.9 Å². The maximum absolute atomic E-state index is 13.7. The van der Waals surface area contributed by atoms with Crippen molar-refractivity contribution in [3.05, 3.63) is 46.0 Å². The molecule has 0 saturated heterocycles. The van der Waals surface area contributed by atoms with Crippen molar-refractivity contribution >= 4 is 34.9 Å². The molecule has 1 atom stereocenters. The van der Waals surface area contributed by atoms with Gasteiger partial charge in [-0.2, -0.15) is 4.37 Å². The van der Waals surface area contributed by atoms with Gasteiger partial charge in [0.05, 0.1) is 5.69 Å². The van der Waals surface area contributed by atoms with E-state index in [1.807, 2.05) is 38.1 Å². The minimum absolute atomic E-state index is 0.0693. The van der Waals surface area contributed by atoms with E-state index in [0.29, 0.717) is 37.7 Å². The molecule has 0 aliphatic carbocycles. The Hall–Kier alpha value is -2.98. The van der Waals surface area contributed by atoms with Gasteiger partial charge in [-0.1, -0.05) is 43.7 Å². The van der Waals surface area contributed by atoms with Crippen LogP contribution in [0.4, 0.5) is 5.69 Å². The van der Waals surface area contributed by atoms with Crippen LogP contribution in [0.3, 0.4) is 0 Å². The van der Waals surface area contributed by atoms with Crippen molar-refractivity contribution in [2.75, 3.05) is 32.0 Å². The van der Waals surface area contributed by atoms with Gasteiger partial charge < -0.3 is 26.4 Å². The molecule has 0 fully saturated rings. The molecule has 0 bridgehead atoms. The van der Waals surface area contributed by atoms with Gasteiger partial charge in [-0.3, -0.25) is 14.4 Å². The fraction of sp³-hybridized carbons (Fsp3) is 0.500. The molecule has 1 unspecified atom stereocenters. The van der Waals surface area contributed by atoms with E-state index >= 15 is 0 Å². The van der Waals surface area contributed by atoms with Crippen molar-refractivity contribution in [3.63, 3.8) is 0 Å². The molecule has 2 aromatic rings. The van der Waals surface area contributed by atoms with Crippen LogP contribution in [0.1, 0.15) is 70.9 Å². The maximum Gasteiger partial charge on any atom is 0.270 e. The lowest BCUT2D eigenvalue weighted by Crippen LogP contribution is -2.44. The molecule has 186 valence electrons. The lowest BCUT2D eigenvalue weighted by atomic mass is 10.0. The van der Waals surface area contributed by atoms with Gasteiger partial charge in [0, 0.05) is 26.3 Å². The average molecular weight is 490 g/mol. The van der Waals surface area contributed by atoms with Crippen LogP contribution in [0.15, 0.2) is 24.3 Å². The third-order valence-electron chi connectivity index (χ3n) is 5.28. The smallest absolute Gasteiger partial charge is 0.270 e. The summed E-state index contributed by atoms with van der Waals surface area (Å²) in [6.07, 6.45) is 1.33. The number of primary amides is 1. The van der Waals surface area contributed by atoms with Crippen molar-refractivity contribution in [2.45, 2.75) is 46.6 Å². The largest absolute Gasteiger partial charge is 0.395 e. The van der Waals surface area contributed by atoms with Crippen molar-refractivity contribution in [2.24, 2.45) is 11.7 Å². The first-order valence-corrected chi connectivity index (χ1v) is 12.2. The van der Waals surface area contributed by atoms with E-state index in [4.69, 9.17) is 16.2 Å². The number of aromatic nitrogens is 1. The summed E-state index contributed by atoms with van der Waals surface area (Å²) in [5.41, 5.74) is 12.9. The zero-order valence-corrected chi connectivity index (χ0v) is 21.1. The number of amides is 3. The third-order valence-corrected chi connectivity index (χ3v) is 6.13. The second-order valence-electron chi connectivity index (χ2n) is 8.47. The van der Waals surface area contributed by atoms with Gasteiger partial charge in [0.1, 0.15) is 10.9 Å². The highest BCUT2D eigenvalue weighted by Crippen LogP contribution is 2.29. The predicted molar refractivity (Wildman–Crippen MR) is 134 cm³/mol. The van der Waals surface area contributed by atoms with E-state index in [0.717, 1.165) is 23.5 Å². The lowest BCUT2D eigenvalue weighted by Gasteiger charge is -2.31. The molecule has 0 saturated carbocycles. The summed E-state index contributed by atoms with van der Waals surface area (Å²) in [5.74, 6) is -1.15. The number of ether oxygens (including phenoxy) is 1. The summed E-state index contributed by atoms with van der Waals surface area (Å²) in [6.45, 7) is 9.73. The van der Waals surface area contributed by atoms with Crippen LogP contribution in [0, 0.1) is 12.8 Å². The van der Waals surface area contributed by atoms with Crippen molar-refractivity contribution in [1.82, 2.24) is 14.6 Å². The van der Waals surface area contributed by atoms with E-state index in [9.17, 15) is 14.4 Å². The van der Waals surface area contributed by atoms with Crippen LogP contribution in [-0.4, -0.2) is 53.3 Å². The Labute approximate surface area is 205 Å². The Balaban J connectivity index is 2.46. The summed E-state index contributed by atoms with van der Waals surface area (Å²) in [7, 11) is 0. The van der Waals surface area contributed by atoms with Crippen molar-refractivity contribution in [3.8, 4) is 0 Å². The highest BCUT2D eigenvalue weighted by Gasteiger charge is 2.34. The van der Waals surface area contributed by atoms with Gasteiger partial charge in [0.25, 0.3) is 11.8 Å². The van der Waals surface area contributed by atoms with Gasteiger partial charge in [0.15, 0.2) is 5.69 Å². The molecule has 1 aromatic heterocycles. The van der Waals surface area contributed by atoms with Gasteiger partial charge >= 0.3 is 0 Å². The molecule has 0 aliphatic rings. The minimum Gasteiger partial charge on any atom is -0.395 e. The highest BCUT2D eigenvalue weighted by molar-refractivity contribution is 7.09. The van der Waals surface area contributed by atoms with E-state index in [2.05, 4.69) is 23.5 Å². The fourth-order valence-electron chi connectivity index (χ4n) is 3.39. The number of nitrogens with two attached hydrogens (primary N) is 2. The Morgan fingerprint density at radius 1 is 1.21 bits per heavy atom. The highest BCUT2D eigenvalue weighted by atomic mass is 32.1. The number of rotatable bonds is 13. The molecule has 5 N–H and O–H groups in total. The van der Waals surface area contributed by atoms with Gasteiger partial charge in [-0.15, -0.1) is 0 Å². The molecule has 9 nitrogen and oxygen atoms in total. The number of carbonyl (C=O) groups is 3. The van der Waals surface area contributed by atoms with Crippen LogP contribution in [0.2, 0.25) is 0 Å². The molecule has 10 heteroatoms. The number of anilines is 1. The zero-order chi connectivity index (χ0) is 25.3. The molecule has 1 aromatic carbocycles. The number of nitrogens with one attached hydrogen (secondary N) is 1. The third kappa shape index (κ3) is 7.26. The van der Waals surface area contributed by atoms with E-state index in [-0.39, 0.29) is 28.7 Å². The molecule has 0 spiro atoms. The van der Waals surface area contributed by atoms with E-state index in [1.54, 1.807) is 0 Å². The number of hydrogen-bond donors (Lipinski definition) is 3. The molecule has 0 aliphatic heterocycles. The molecule has 0 radical (unpaired) electrons. The number of aryl methyl sites for hydroxylation is 1. The number of carbonyl (C=O) groups excluding carboxylic acids is 3. The summed E-state index contributed by atoms with van der Waals surface area (Å²) >= 11 is 0.803. The average Bonchev–Trinajstić information content (AvgIpc) is 3.17. The number of nitrogens with zero attached hydrogens (tertiary/aromatic N) is 2. The van der Waals surface area contributed by atoms with Gasteiger partial charge in [0.2, 0.25) is 5.91 Å². The van der Waals surface area contributed by atoms with Crippen LogP contribution < -0.4 is 16.8 Å². The minimum atomic E-state index is -0.889. The normalized spacial score (nSPS) is 11.9. The summed E-state index contributed by atoms with van der Waals surface area (Å²) < 4.78 is 9.40. The molecule has 3 amide bonds. The van der Waals surface area contributed by atoms with Gasteiger partial charge in [-0.05, 0) is 49.7 Å². The zero-order valence-electron chi connectivity index (χ0n) is 20.3. The summed E-state index contributed by atoms with van der Waals surface area (Å²) in [5, 5.41) is 2.97. The van der Waals surface area contributed by atoms with Crippen LogP contribution >= 0.6 is 11.5 Å². The Morgan fingerprint density at radius 3 is 2.44 bits per heavy atom. The first kappa shape index (κ1) is 27.3. The molecule has 2 rings (SSSR count). The molecule has 34 heavy (non-hydrogen) atoms. The molecular formula is C24H35N5O4S. The van der Waals surface area contributed by atoms with Crippen molar-refractivity contribution in [1.29, 1.82) is 0 Å². The SMILES string of the molecule is CCOCCCN(C(=O)c1snc(C(N)=O)c1N)C(C(=O)NCCC(C)C)c1ccc(C)cc1. The topological polar surface area (TPSA) is 141 Å². The number of nitrogen functional groups attached to an aromatic ring is 1. The fourth-order valence-corrected chi connectivity index (χ4v) is 4.15. The second kappa shape index (κ2) is 13.0. The number of hydrogen-bond acceptors (Lipinski definition) is 7. The monoisotopic (exact) mass is 489 g/mol. The second-order valence-corrected chi connectivity index (χ2v) is 9.25. The summed E-state index contributed by atoms with van der Waals surface area (Å²) in [6, 6.07) is 6.60. The van der Waals surface area contributed by atoms with E-state index in [1.165, 1.54) is 4.90 Å². The molecular weight excluding hydrogens is 454 g/mol. The lowest BCUT2D eigenvalue weighted by molar-refractivity contribution is -0.126. The Morgan fingerprint density at radius 2 is 1.88 bits per heavy atom. The van der Waals surface area contributed by atoms with Crippen molar-refractivity contribution < 1.29 is 19.1 Å². The first-order chi connectivity index (χ1) is 16.2. The van der Waals surface area contributed by atoms with Gasteiger partial charge in [-0.25, -0.2) is 0 Å². The molecule has 1 heterocycles. The predicted octanol–water partition coefficient (Wildman–Crippen LogP) is 2.91. The number of benzene rings is 1. The van der Waals surface area contributed by atoms with Crippen LogP contribution in [-0.2, 0) is 9.53 Å². The van der Waals surface area contributed by atoms with Crippen LogP contribution in [0.25, 0.3) is 0 Å². The Bertz CT molecular complexity index is 974. The summed E-state index contributed by atoms with van der Waals surface area (Å²) in [4.78, 5) is 40.3.